The number of hydrogen-bond acceptors (Lipinski definition) is 7. The lowest BCUT2D eigenvalue weighted by Crippen LogP contribution is -2.21. The summed E-state index contributed by atoms with van der Waals surface area (Å²) in [5.41, 5.74) is 20.6. The molecule has 0 amide bonds. The molecular formula is C52H44N10. The third kappa shape index (κ3) is 8.74. The molecule has 0 saturated carbocycles. The molecule has 10 heteroatoms. The number of nitriles is 2. The van der Waals surface area contributed by atoms with Gasteiger partial charge in [0.25, 0.3) is 0 Å². The molecule has 6 heterocycles. The first-order chi connectivity index (χ1) is 30.4. The first kappa shape index (κ1) is 40.6. The molecule has 62 heavy (non-hydrogen) atoms. The van der Waals surface area contributed by atoms with Crippen LogP contribution in [-0.4, -0.2) is 28.2 Å². The Balaban J connectivity index is 0.000000133. The van der Waals surface area contributed by atoms with E-state index in [-0.39, 0.29) is 12.1 Å². The van der Waals surface area contributed by atoms with Crippen LogP contribution in [0.15, 0.2) is 189 Å². The fourth-order valence-corrected chi connectivity index (χ4v) is 7.68. The zero-order valence-electron chi connectivity index (χ0n) is 34.4. The Morgan fingerprint density at radius 3 is 1.44 bits per heavy atom. The summed E-state index contributed by atoms with van der Waals surface area (Å²) in [5, 5.41) is 21.9. The molecule has 2 unspecified atom stereocenters. The van der Waals surface area contributed by atoms with Gasteiger partial charge in [0.2, 0.25) is 0 Å². The summed E-state index contributed by atoms with van der Waals surface area (Å²) in [6.07, 6.45) is 10.8. The van der Waals surface area contributed by atoms with E-state index in [4.69, 9.17) is 11.0 Å². The van der Waals surface area contributed by atoms with Crippen LogP contribution in [0.5, 0.6) is 0 Å². The molecule has 3 N–H and O–H groups in total. The van der Waals surface area contributed by atoms with Crippen molar-refractivity contribution in [3.8, 4) is 45.5 Å². The van der Waals surface area contributed by atoms with Crippen molar-refractivity contribution < 1.29 is 0 Å². The van der Waals surface area contributed by atoms with Gasteiger partial charge in [-0.1, -0.05) is 115 Å². The van der Waals surface area contributed by atoms with Gasteiger partial charge in [0.05, 0.1) is 59.4 Å². The van der Waals surface area contributed by atoms with Crippen molar-refractivity contribution in [1.82, 2.24) is 33.5 Å². The lowest BCUT2D eigenvalue weighted by Gasteiger charge is -2.20. The van der Waals surface area contributed by atoms with Crippen LogP contribution in [0.4, 0.5) is 0 Å². The molecule has 0 aliphatic rings. The van der Waals surface area contributed by atoms with Gasteiger partial charge in [-0.2, -0.15) is 10.5 Å². The summed E-state index contributed by atoms with van der Waals surface area (Å²) >= 11 is 0. The zero-order chi connectivity index (χ0) is 42.8. The van der Waals surface area contributed by atoms with E-state index in [1.54, 1.807) is 12.5 Å². The highest BCUT2D eigenvalue weighted by Gasteiger charge is 2.17. The SMILES string of the molecule is CC(N)c1c(-c2ccccc2)ccc2cncn12.CC(NCc1ccc(C#N)cc1)c1c(-c2ccccc2)ccc2cncn12.N#Cc1c(-c2ccccc2)ccc2cncn12. The molecule has 0 saturated heterocycles. The van der Waals surface area contributed by atoms with Gasteiger partial charge in [-0.15, -0.1) is 0 Å². The van der Waals surface area contributed by atoms with E-state index in [9.17, 15) is 5.26 Å². The Hall–Kier alpha value is -8.15. The second-order valence-electron chi connectivity index (χ2n) is 14.8. The Labute approximate surface area is 360 Å². The number of imidazole rings is 3. The molecule has 0 spiro atoms. The second kappa shape index (κ2) is 18.8. The van der Waals surface area contributed by atoms with Gasteiger partial charge < -0.3 is 19.9 Å². The Bertz CT molecular complexity index is 3130. The van der Waals surface area contributed by atoms with Crippen molar-refractivity contribution in [2.75, 3.05) is 0 Å². The zero-order valence-corrected chi connectivity index (χ0v) is 34.4. The number of hydrogen-bond donors (Lipinski definition) is 2. The van der Waals surface area contributed by atoms with Crippen LogP contribution >= 0.6 is 0 Å². The van der Waals surface area contributed by atoms with Gasteiger partial charge in [-0.3, -0.25) is 4.40 Å². The lowest BCUT2D eigenvalue weighted by molar-refractivity contribution is 0.557. The number of nitrogens with two attached hydrogens (primary N) is 1. The average molecular weight is 809 g/mol. The van der Waals surface area contributed by atoms with Crippen LogP contribution in [0, 0.1) is 22.7 Å². The largest absolute Gasteiger partial charge is 0.323 e. The Morgan fingerprint density at radius 2 is 0.952 bits per heavy atom. The fraction of sp³-hybridized carbons (Fsp3) is 0.0962. The number of nitrogens with one attached hydrogen (secondary N) is 1. The minimum Gasteiger partial charge on any atom is -0.323 e. The standard InChI is InChI=1S/C23H20N4.C15H15N3.C14H9N3/c1-17(26-14-19-9-7-18(13-24)8-10-19)23-22(20-5-3-2-4-6-20)12-11-21-15-25-16-27(21)23;1-11(16)15-14(12-5-3-2-4-6-12)8-7-13-9-17-10-18(13)15;15-8-14-13(11-4-2-1-3-5-11)7-6-12-9-16-10-17(12)14/h2-12,15-17,26H,14H2,1H3;2-11H,16H2,1H3;1-7,9-10H. The first-order valence-electron chi connectivity index (χ1n) is 20.3. The topological polar surface area (TPSA) is 138 Å². The maximum Gasteiger partial charge on any atom is 0.133 e. The van der Waals surface area contributed by atoms with Crippen LogP contribution in [0.3, 0.4) is 0 Å². The molecule has 0 bridgehead atoms. The molecule has 10 rings (SSSR count). The van der Waals surface area contributed by atoms with E-state index in [0.29, 0.717) is 11.3 Å². The normalized spacial score (nSPS) is 11.8. The first-order valence-corrected chi connectivity index (χ1v) is 20.3. The smallest absolute Gasteiger partial charge is 0.133 e. The summed E-state index contributed by atoms with van der Waals surface area (Å²) in [5.74, 6) is 0. The third-order valence-electron chi connectivity index (χ3n) is 10.7. The predicted molar refractivity (Wildman–Crippen MR) is 246 cm³/mol. The number of rotatable bonds is 8. The van der Waals surface area contributed by atoms with Crippen LogP contribution < -0.4 is 11.1 Å². The maximum absolute atomic E-state index is 9.30. The molecule has 0 aliphatic heterocycles. The van der Waals surface area contributed by atoms with Crippen molar-refractivity contribution in [2.45, 2.75) is 32.5 Å². The summed E-state index contributed by atoms with van der Waals surface area (Å²) in [6, 6.07) is 55.2. The van der Waals surface area contributed by atoms with E-state index in [0.717, 1.165) is 51.0 Å². The van der Waals surface area contributed by atoms with Crippen molar-refractivity contribution in [2.24, 2.45) is 5.73 Å². The van der Waals surface area contributed by atoms with E-state index in [1.165, 1.54) is 22.4 Å². The van der Waals surface area contributed by atoms with Crippen LogP contribution in [0.1, 0.15) is 54.1 Å². The highest BCUT2D eigenvalue weighted by molar-refractivity contribution is 5.73. The monoisotopic (exact) mass is 808 g/mol. The van der Waals surface area contributed by atoms with Gasteiger partial charge in [-0.05, 0) is 72.5 Å². The Kier molecular flexibility index (Phi) is 12.3. The predicted octanol–water partition coefficient (Wildman–Crippen LogP) is 10.6. The number of fused-ring (bicyclic) bond motifs is 3. The molecule has 0 fully saturated rings. The quantitative estimate of drug-likeness (QED) is 0.156. The molecule has 10 aromatic rings. The van der Waals surface area contributed by atoms with E-state index < -0.39 is 0 Å². The van der Waals surface area contributed by atoms with Crippen molar-refractivity contribution in [3.63, 3.8) is 0 Å². The van der Waals surface area contributed by atoms with Crippen LogP contribution in [-0.2, 0) is 6.54 Å². The van der Waals surface area contributed by atoms with E-state index in [1.807, 2.05) is 127 Å². The molecular weight excluding hydrogens is 765 g/mol. The molecule has 6 aromatic heterocycles. The van der Waals surface area contributed by atoms with E-state index >= 15 is 0 Å². The van der Waals surface area contributed by atoms with Crippen molar-refractivity contribution in [3.05, 3.63) is 217 Å². The van der Waals surface area contributed by atoms with Gasteiger partial charge in [-0.25, -0.2) is 15.0 Å². The summed E-state index contributed by atoms with van der Waals surface area (Å²) in [6.45, 7) is 4.90. The number of aromatic nitrogens is 6. The fourth-order valence-electron chi connectivity index (χ4n) is 7.68. The minimum atomic E-state index is -0.0434. The summed E-state index contributed by atoms with van der Waals surface area (Å²) < 4.78 is 6.02. The number of pyridine rings is 3. The summed E-state index contributed by atoms with van der Waals surface area (Å²) in [7, 11) is 0. The van der Waals surface area contributed by atoms with Crippen molar-refractivity contribution in [1.29, 1.82) is 10.5 Å². The van der Waals surface area contributed by atoms with Gasteiger partial charge >= 0.3 is 0 Å². The van der Waals surface area contributed by atoms with Gasteiger partial charge in [0.1, 0.15) is 18.1 Å². The number of benzene rings is 4. The summed E-state index contributed by atoms with van der Waals surface area (Å²) in [4.78, 5) is 12.6. The molecule has 2 atom stereocenters. The lowest BCUT2D eigenvalue weighted by atomic mass is 9.99. The molecule has 0 aliphatic carbocycles. The van der Waals surface area contributed by atoms with Gasteiger partial charge in [0.15, 0.2) is 0 Å². The molecule has 302 valence electrons. The van der Waals surface area contributed by atoms with Crippen LogP contribution in [0.2, 0.25) is 0 Å². The highest BCUT2D eigenvalue weighted by atomic mass is 15.0. The van der Waals surface area contributed by atoms with Crippen LogP contribution in [0.25, 0.3) is 49.9 Å². The molecule has 0 radical (unpaired) electrons. The Morgan fingerprint density at radius 1 is 0.516 bits per heavy atom. The maximum atomic E-state index is 9.30. The van der Waals surface area contributed by atoms with Crippen molar-refractivity contribution >= 4 is 16.6 Å². The highest BCUT2D eigenvalue weighted by Crippen LogP contribution is 2.31. The average Bonchev–Trinajstić information content (AvgIpc) is 4.13. The van der Waals surface area contributed by atoms with E-state index in [2.05, 4.69) is 109 Å². The minimum absolute atomic E-state index is 0.0434. The van der Waals surface area contributed by atoms with Gasteiger partial charge in [0, 0.05) is 46.7 Å². The number of nitrogens with zero attached hydrogens (tertiary/aromatic N) is 8. The molecule has 10 nitrogen and oxygen atoms in total. The molecule has 4 aromatic carbocycles. The third-order valence-corrected chi connectivity index (χ3v) is 10.7. The second-order valence-corrected chi connectivity index (χ2v) is 14.8.